The van der Waals surface area contributed by atoms with E-state index < -0.39 is 10.7 Å². The molecule has 0 aromatic heterocycles. The smallest absolute Gasteiger partial charge is 0.311 e. The molecular formula is C15H11ClFNO3. The van der Waals surface area contributed by atoms with Gasteiger partial charge in [-0.05, 0) is 54.7 Å². The van der Waals surface area contributed by atoms with E-state index in [1.807, 2.05) is 0 Å². The fraction of sp³-hybridized carbons (Fsp3) is 0.200. The Kier molecular flexibility index (Phi) is 3.51. The zero-order valence-electron chi connectivity index (χ0n) is 10.9. The van der Waals surface area contributed by atoms with E-state index in [1.165, 1.54) is 12.1 Å². The predicted molar refractivity (Wildman–Crippen MR) is 76.6 cm³/mol. The Labute approximate surface area is 125 Å². The number of fused-ring (bicyclic) bond motifs is 1. The van der Waals surface area contributed by atoms with E-state index in [1.54, 1.807) is 12.1 Å². The highest BCUT2D eigenvalue weighted by atomic mass is 35.5. The van der Waals surface area contributed by atoms with Crippen molar-refractivity contribution in [3.05, 3.63) is 62.4 Å². The molecule has 21 heavy (non-hydrogen) atoms. The van der Waals surface area contributed by atoms with Crippen molar-refractivity contribution in [1.29, 1.82) is 0 Å². The SMILES string of the molecule is O=[N+]([O-])c1cc2c(cc1Oc1ccc(F)cc1Cl)CCC2. The molecule has 0 saturated carbocycles. The van der Waals surface area contributed by atoms with Gasteiger partial charge in [0.2, 0.25) is 5.75 Å². The molecule has 0 spiro atoms. The summed E-state index contributed by atoms with van der Waals surface area (Å²) in [6, 6.07) is 6.89. The van der Waals surface area contributed by atoms with Gasteiger partial charge < -0.3 is 4.74 Å². The van der Waals surface area contributed by atoms with Gasteiger partial charge in [0, 0.05) is 6.07 Å². The topological polar surface area (TPSA) is 52.4 Å². The standard InChI is InChI=1S/C15H11ClFNO3/c16-12-8-11(17)4-5-14(12)21-15-7-10-3-1-2-9(10)6-13(15)18(19)20/h4-8H,1-3H2. The van der Waals surface area contributed by atoms with Crippen LogP contribution in [0, 0.1) is 15.9 Å². The molecule has 1 aliphatic rings. The number of rotatable bonds is 3. The number of hydrogen-bond acceptors (Lipinski definition) is 3. The van der Waals surface area contributed by atoms with Crippen molar-refractivity contribution < 1.29 is 14.1 Å². The van der Waals surface area contributed by atoms with Crippen LogP contribution >= 0.6 is 11.6 Å². The van der Waals surface area contributed by atoms with Gasteiger partial charge >= 0.3 is 5.69 Å². The molecular weight excluding hydrogens is 297 g/mol. The van der Waals surface area contributed by atoms with Gasteiger partial charge in [-0.15, -0.1) is 0 Å². The minimum absolute atomic E-state index is 0.0739. The van der Waals surface area contributed by atoms with Gasteiger partial charge in [0.15, 0.2) is 0 Å². The average molecular weight is 308 g/mol. The number of halogens is 2. The number of ether oxygens (including phenoxy) is 1. The van der Waals surface area contributed by atoms with Crippen LogP contribution in [0.1, 0.15) is 17.5 Å². The Morgan fingerprint density at radius 3 is 2.52 bits per heavy atom. The van der Waals surface area contributed by atoms with Crippen LogP contribution < -0.4 is 4.74 Å². The maximum atomic E-state index is 13.0. The first-order chi connectivity index (χ1) is 10.0. The van der Waals surface area contributed by atoms with E-state index in [4.69, 9.17) is 16.3 Å². The van der Waals surface area contributed by atoms with Crippen LogP contribution in [0.4, 0.5) is 10.1 Å². The Morgan fingerprint density at radius 2 is 1.86 bits per heavy atom. The summed E-state index contributed by atoms with van der Waals surface area (Å²) in [5.41, 5.74) is 1.93. The molecule has 2 aromatic carbocycles. The summed E-state index contributed by atoms with van der Waals surface area (Å²) in [5.74, 6) is -0.163. The largest absolute Gasteiger partial charge is 0.449 e. The van der Waals surface area contributed by atoms with Crippen molar-refractivity contribution in [2.45, 2.75) is 19.3 Å². The summed E-state index contributed by atoms with van der Waals surface area (Å²) in [7, 11) is 0. The lowest BCUT2D eigenvalue weighted by Gasteiger charge is -2.10. The second kappa shape index (κ2) is 5.33. The highest BCUT2D eigenvalue weighted by molar-refractivity contribution is 6.32. The fourth-order valence-corrected chi connectivity index (χ4v) is 2.70. The van der Waals surface area contributed by atoms with Gasteiger partial charge in [0.05, 0.1) is 9.95 Å². The zero-order valence-corrected chi connectivity index (χ0v) is 11.7. The van der Waals surface area contributed by atoms with Crippen LogP contribution in [0.25, 0.3) is 0 Å². The normalized spacial score (nSPS) is 13.0. The summed E-state index contributed by atoms with van der Waals surface area (Å²) in [4.78, 5) is 10.7. The quantitative estimate of drug-likeness (QED) is 0.611. The molecule has 0 fully saturated rings. The third-order valence-corrected chi connectivity index (χ3v) is 3.78. The van der Waals surface area contributed by atoms with Gasteiger partial charge in [-0.1, -0.05) is 11.6 Å². The first-order valence-electron chi connectivity index (χ1n) is 6.47. The molecule has 4 nitrogen and oxygen atoms in total. The van der Waals surface area contributed by atoms with Crippen LogP contribution in [-0.2, 0) is 12.8 Å². The molecule has 2 aromatic rings. The molecule has 6 heteroatoms. The Balaban J connectivity index is 2.03. The lowest BCUT2D eigenvalue weighted by atomic mass is 10.1. The molecule has 0 radical (unpaired) electrons. The van der Waals surface area contributed by atoms with Crippen molar-refractivity contribution in [2.24, 2.45) is 0 Å². The van der Waals surface area contributed by atoms with E-state index in [0.717, 1.165) is 36.5 Å². The second-order valence-corrected chi connectivity index (χ2v) is 5.28. The fourth-order valence-electron chi connectivity index (χ4n) is 2.49. The minimum atomic E-state index is -0.490. The van der Waals surface area contributed by atoms with Gasteiger partial charge in [0.25, 0.3) is 0 Å². The highest BCUT2D eigenvalue weighted by Crippen LogP contribution is 2.39. The average Bonchev–Trinajstić information content (AvgIpc) is 2.88. The van der Waals surface area contributed by atoms with Crippen LogP contribution in [0.2, 0.25) is 5.02 Å². The van der Waals surface area contributed by atoms with Crippen molar-refractivity contribution in [3.63, 3.8) is 0 Å². The number of nitrogens with zero attached hydrogens (tertiary/aromatic N) is 1. The van der Waals surface area contributed by atoms with Crippen molar-refractivity contribution in [1.82, 2.24) is 0 Å². The van der Waals surface area contributed by atoms with E-state index in [9.17, 15) is 14.5 Å². The van der Waals surface area contributed by atoms with Gasteiger partial charge in [-0.3, -0.25) is 10.1 Å². The lowest BCUT2D eigenvalue weighted by molar-refractivity contribution is -0.385. The predicted octanol–water partition coefficient (Wildman–Crippen LogP) is 4.67. The molecule has 0 heterocycles. The lowest BCUT2D eigenvalue weighted by Crippen LogP contribution is -1.96. The van der Waals surface area contributed by atoms with Gasteiger partial charge in [-0.2, -0.15) is 0 Å². The van der Waals surface area contributed by atoms with Crippen LogP contribution in [0.5, 0.6) is 11.5 Å². The number of benzene rings is 2. The van der Waals surface area contributed by atoms with E-state index in [2.05, 4.69) is 0 Å². The molecule has 0 amide bonds. The molecule has 0 atom stereocenters. The van der Waals surface area contributed by atoms with E-state index in [0.29, 0.717) is 0 Å². The van der Waals surface area contributed by atoms with Gasteiger partial charge in [-0.25, -0.2) is 4.39 Å². The molecule has 0 saturated heterocycles. The van der Waals surface area contributed by atoms with Crippen LogP contribution in [0.15, 0.2) is 30.3 Å². The molecule has 0 N–H and O–H groups in total. The molecule has 0 bridgehead atoms. The zero-order chi connectivity index (χ0) is 15.0. The molecule has 3 rings (SSSR count). The monoisotopic (exact) mass is 307 g/mol. The molecule has 0 aliphatic heterocycles. The minimum Gasteiger partial charge on any atom is -0.449 e. The summed E-state index contributed by atoms with van der Waals surface area (Å²) in [5, 5.41) is 11.3. The first-order valence-corrected chi connectivity index (χ1v) is 6.85. The number of hydrogen-bond donors (Lipinski definition) is 0. The van der Waals surface area contributed by atoms with E-state index in [-0.39, 0.29) is 22.2 Å². The Bertz CT molecular complexity index is 733. The second-order valence-electron chi connectivity index (χ2n) is 4.88. The number of nitro benzene ring substituents is 1. The molecule has 1 aliphatic carbocycles. The summed E-state index contributed by atoms with van der Waals surface area (Å²) in [6.07, 6.45) is 2.70. The number of aryl methyl sites for hydroxylation is 2. The summed E-state index contributed by atoms with van der Waals surface area (Å²) in [6.45, 7) is 0. The maximum Gasteiger partial charge on any atom is 0.311 e. The highest BCUT2D eigenvalue weighted by Gasteiger charge is 2.23. The summed E-state index contributed by atoms with van der Waals surface area (Å²) < 4.78 is 18.6. The summed E-state index contributed by atoms with van der Waals surface area (Å²) >= 11 is 5.89. The molecule has 0 unspecified atom stereocenters. The third kappa shape index (κ3) is 2.69. The van der Waals surface area contributed by atoms with Crippen molar-refractivity contribution >= 4 is 17.3 Å². The van der Waals surface area contributed by atoms with E-state index >= 15 is 0 Å². The van der Waals surface area contributed by atoms with Crippen LogP contribution in [0.3, 0.4) is 0 Å². The van der Waals surface area contributed by atoms with Gasteiger partial charge in [0.1, 0.15) is 11.6 Å². The first kappa shape index (κ1) is 13.8. The Hall–Kier alpha value is -2.14. The molecule has 108 valence electrons. The maximum absolute atomic E-state index is 13.0. The Morgan fingerprint density at radius 1 is 1.14 bits per heavy atom. The van der Waals surface area contributed by atoms with Crippen molar-refractivity contribution in [3.8, 4) is 11.5 Å². The van der Waals surface area contributed by atoms with Crippen LogP contribution in [-0.4, -0.2) is 4.92 Å². The number of nitro groups is 1. The third-order valence-electron chi connectivity index (χ3n) is 3.48. The van der Waals surface area contributed by atoms with Crippen molar-refractivity contribution in [2.75, 3.05) is 0 Å².